The second kappa shape index (κ2) is 6.02. The van der Waals surface area contributed by atoms with Gasteiger partial charge >= 0.3 is 0 Å². The third-order valence-corrected chi connectivity index (χ3v) is 4.40. The van der Waals surface area contributed by atoms with E-state index in [0.717, 1.165) is 19.5 Å². The third kappa shape index (κ3) is 2.86. The molecule has 0 radical (unpaired) electrons. The molecule has 2 rings (SSSR count). The van der Waals surface area contributed by atoms with Gasteiger partial charge in [0.2, 0.25) is 5.91 Å². The molecule has 2 atom stereocenters. The Balaban J connectivity index is 2.17. The van der Waals surface area contributed by atoms with E-state index in [2.05, 4.69) is 11.8 Å². The molecule has 104 valence electrons. The van der Waals surface area contributed by atoms with E-state index < -0.39 is 0 Å². The molecule has 2 fully saturated rings. The number of hydrogen-bond acceptors (Lipinski definition) is 3. The average Bonchev–Trinajstić information content (AvgIpc) is 2.83. The molecular formula is C14H27N3O. The summed E-state index contributed by atoms with van der Waals surface area (Å²) in [5, 5.41) is 0. The molecule has 1 aliphatic carbocycles. The number of amides is 1. The van der Waals surface area contributed by atoms with E-state index in [-0.39, 0.29) is 11.9 Å². The molecule has 1 aliphatic heterocycles. The summed E-state index contributed by atoms with van der Waals surface area (Å²) in [4.78, 5) is 16.8. The molecule has 4 heteroatoms. The van der Waals surface area contributed by atoms with Gasteiger partial charge in [0.1, 0.15) is 0 Å². The van der Waals surface area contributed by atoms with Crippen LogP contribution in [0.2, 0.25) is 0 Å². The summed E-state index contributed by atoms with van der Waals surface area (Å²) >= 11 is 0. The van der Waals surface area contributed by atoms with Gasteiger partial charge in [-0.2, -0.15) is 0 Å². The number of carbonyl (C=O) groups is 1. The van der Waals surface area contributed by atoms with E-state index in [9.17, 15) is 4.79 Å². The summed E-state index contributed by atoms with van der Waals surface area (Å²) < 4.78 is 0. The first-order valence-corrected chi connectivity index (χ1v) is 7.34. The smallest absolute Gasteiger partial charge is 0.239 e. The molecule has 2 N–H and O–H groups in total. The normalized spacial score (nSPS) is 31.9. The van der Waals surface area contributed by atoms with Crippen LogP contribution in [0.5, 0.6) is 0 Å². The Hall–Kier alpha value is -0.610. The van der Waals surface area contributed by atoms with Gasteiger partial charge in [-0.05, 0) is 31.7 Å². The molecular weight excluding hydrogens is 226 g/mol. The van der Waals surface area contributed by atoms with Crippen molar-refractivity contribution >= 4 is 5.91 Å². The first kappa shape index (κ1) is 13.8. The van der Waals surface area contributed by atoms with Crippen LogP contribution in [-0.4, -0.2) is 54.5 Å². The second-order valence-corrected chi connectivity index (χ2v) is 6.05. The van der Waals surface area contributed by atoms with E-state index in [1.807, 2.05) is 11.9 Å². The third-order valence-electron chi connectivity index (χ3n) is 4.40. The van der Waals surface area contributed by atoms with Crippen molar-refractivity contribution in [2.45, 2.75) is 51.1 Å². The zero-order chi connectivity index (χ0) is 13.1. The van der Waals surface area contributed by atoms with Crippen LogP contribution in [0.15, 0.2) is 0 Å². The number of hydrogen-bond donors (Lipinski definition) is 1. The second-order valence-electron chi connectivity index (χ2n) is 6.05. The molecule has 1 saturated carbocycles. The van der Waals surface area contributed by atoms with Gasteiger partial charge in [0, 0.05) is 26.2 Å². The van der Waals surface area contributed by atoms with E-state index in [0.29, 0.717) is 18.5 Å². The first-order chi connectivity index (χ1) is 8.63. The average molecular weight is 253 g/mol. The molecule has 4 nitrogen and oxygen atoms in total. The lowest BCUT2D eigenvalue weighted by Crippen LogP contribution is -2.49. The van der Waals surface area contributed by atoms with Crippen LogP contribution in [0.1, 0.15) is 39.0 Å². The highest BCUT2D eigenvalue weighted by molar-refractivity contribution is 5.82. The summed E-state index contributed by atoms with van der Waals surface area (Å²) in [7, 11) is 1.93. The fourth-order valence-electron chi connectivity index (χ4n) is 3.59. The largest absolute Gasteiger partial charge is 0.344 e. The maximum atomic E-state index is 12.5. The lowest BCUT2D eigenvalue weighted by molar-refractivity contribution is -0.135. The minimum atomic E-state index is 0.0213. The van der Waals surface area contributed by atoms with E-state index >= 15 is 0 Å². The minimum absolute atomic E-state index is 0.0213. The molecule has 18 heavy (non-hydrogen) atoms. The van der Waals surface area contributed by atoms with Crippen LogP contribution in [0.3, 0.4) is 0 Å². The maximum Gasteiger partial charge on any atom is 0.239 e. The van der Waals surface area contributed by atoms with Gasteiger partial charge in [-0.15, -0.1) is 0 Å². The number of nitrogens with zero attached hydrogens (tertiary/aromatic N) is 2. The van der Waals surface area contributed by atoms with Crippen molar-refractivity contribution < 1.29 is 4.79 Å². The van der Waals surface area contributed by atoms with E-state index in [4.69, 9.17) is 5.73 Å². The highest BCUT2D eigenvalue weighted by Crippen LogP contribution is 2.28. The van der Waals surface area contributed by atoms with Gasteiger partial charge in [-0.1, -0.05) is 19.8 Å². The highest BCUT2D eigenvalue weighted by Gasteiger charge is 2.37. The number of nitrogens with two attached hydrogens (primary N) is 1. The van der Waals surface area contributed by atoms with Gasteiger partial charge in [0.15, 0.2) is 0 Å². The summed E-state index contributed by atoms with van der Waals surface area (Å²) in [5.74, 6) is 0.832. The van der Waals surface area contributed by atoms with Gasteiger partial charge < -0.3 is 10.6 Å². The summed E-state index contributed by atoms with van der Waals surface area (Å²) in [6.07, 6.45) is 5.94. The Morgan fingerprint density at radius 2 is 1.94 bits per heavy atom. The van der Waals surface area contributed by atoms with Crippen molar-refractivity contribution in [2.75, 3.05) is 26.7 Å². The molecule has 2 unspecified atom stereocenters. The molecule has 1 heterocycles. The number of carbonyl (C=O) groups excluding carboxylic acids is 1. The van der Waals surface area contributed by atoms with Crippen LogP contribution < -0.4 is 5.73 Å². The Kier molecular flexibility index (Phi) is 4.62. The molecule has 0 spiro atoms. The molecule has 0 aromatic carbocycles. The topological polar surface area (TPSA) is 49.6 Å². The quantitative estimate of drug-likeness (QED) is 0.818. The van der Waals surface area contributed by atoms with Gasteiger partial charge in [0.25, 0.3) is 0 Å². The highest BCUT2D eigenvalue weighted by atomic mass is 16.2. The number of likely N-dealkylation sites (N-methyl/N-ethyl adjacent to an activating group) is 1. The van der Waals surface area contributed by atoms with Crippen molar-refractivity contribution in [3.05, 3.63) is 0 Å². The lowest BCUT2D eigenvalue weighted by atomic mass is 10.1. The Bertz CT molecular complexity index is 289. The van der Waals surface area contributed by atoms with Crippen molar-refractivity contribution in [1.82, 2.24) is 9.80 Å². The van der Waals surface area contributed by atoms with Crippen LogP contribution in [0.4, 0.5) is 0 Å². The predicted molar refractivity (Wildman–Crippen MR) is 73.2 cm³/mol. The maximum absolute atomic E-state index is 12.5. The predicted octanol–water partition coefficient (Wildman–Crippen LogP) is 1.06. The molecule has 0 aromatic heterocycles. The Labute approximate surface area is 110 Å². The Morgan fingerprint density at radius 3 is 2.56 bits per heavy atom. The SMILES string of the molecule is CC1CN(C)C(=O)C(CCN)N(C2CCCC2)C1. The first-order valence-electron chi connectivity index (χ1n) is 7.34. The molecule has 0 aromatic rings. The van der Waals surface area contributed by atoms with Crippen molar-refractivity contribution in [1.29, 1.82) is 0 Å². The van der Waals surface area contributed by atoms with Crippen molar-refractivity contribution in [2.24, 2.45) is 11.7 Å². The minimum Gasteiger partial charge on any atom is -0.344 e. The Morgan fingerprint density at radius 1 is 1.28 bits per heavy atom. The van der Waals surface area contributed by atoms with Crippen LogP contribution in [0.25, 0.3) is 0 Å². The van der Waals surface area contributed by atoms with Crippen molar-refractivity contribution in [3.63, 3.8) is 0 Å². The van der Waals surface area contributed by atoms with Gasteiger partial charge in [0.05, 0.1) is 6.04 Å². The van der Waals surface area contributed by atoms with E-state index in [1.165, 1.54) is 25.7 Å². The number of rotatable bonds is 3. The lowest BCUT2D eigenvalue weighted by Gasteiger charge is -2.35. The summed E-state index contributed by atoms with van der Waals surface area (Å²) in [5.41, 5.74) is 5.72. The van der Waals surface area contributed by atoms with Crippen LogP contribution in [0, 0.1) is 5.92 Å². The van der Waals surface area contributed by atoms with Crippen molar-refractivity contribution in [3.8, 4) is 0 Å². The zero-order valence-corrected chi connectivity index (χ0v) is 11.8. The fourth-order valence-corrected chi connectivity index (χ4v) is 3.59. The van der Waals surface area contributed by atoms with Crippen LogP contribution in [-0.2, 0) is 4.79 Å². The summed E-state index contributed by atoms with van der Waals surface area (Å²) in [6.45, 7) is 4.77. The standard InChI is InChI=1S/C14H27N3O/c1-11-9-16(2)14(18)13(7-8-15)17(10-11)12-5-3-4-6-12/h11-13H,3-10,15H2,1-2H3. The van der Waals surface area contributed by atoms with Gasteiger partial charge in [-0.3, -0.25) is 9.69 Å². The van der Waals surface area contributed by atoms with E-state index in [1.54, 1.807) is 0 Å². The molecule has 1 saturated heterocycles. The molecule has 0 bridgehead atoms. The molecule has 2 aliphatic rings. The molecule has 1 amide bonds. The zero-order valence-electron chi connectivity index (χ0n) is 11.8. The summed E-state index contributed by atoms with van der Waals surface area (Å²) in [6, 6.07) is 0.632. The monoisotopic (exact) mass is 253 g/mol. The van der Waals surface area contributed by atoms with Crippen LogP contribution >= 0.6 is 0 Å². The van der Waals surface area contributed by atoms with Gasteiger partial charge in [-0.25, -0.2) is 0 Å². The fraction of sp³-hybridized carbons (Fsp3) is 0.929.